The number of thiazole rings is 1. The van der Waals surface area contributed by atoms with Crippen LogP contribution in [-0.2, 0) is 11.2 Å². The minimum atomic E-state index is -1.10. The van der Waals surface area contributed by atoms with E-state index in [1.54, 1.807) is 0 Å². The van der Waals surface area contributed by atoms with Crippen molar-refractivity contribution in [1.29, 1.82) is 0 Å². The van der Waals surface area contributed by atoms with Crippen molar-refractivity contribution in [2.45, 2.75) is 6.42 Å². The highest BCUT2D eigenvalue weighted by atomic mass is 32.1. The predicted molar refractivity (Wildman–Crippen MR) is 65.7 cm³/mol. The fraction of sp³-hybridized carbons (Fsp3) is 0.100. The Balaban J connectivity index is 1.96. The van der Waals surface area contributed by atoms with Crippen molar-refractivity contribution in [1.82, 2.24) is 4.98 Å². The molecule has 0 radical (unpaired) electrons. The zero-order valence-electron chi connectivity index (χ0n) is 8.54. The number of aromatic nitrogens is 1. The molecule has 1 amide bonds. The van der Waals surface area contributed by atoms with Crippen LogP contribution >= 0.6 is 22.7 Å². The van der Waals surface area contributed by atoms with Gasteiger partial charge in [-0.3, -0.25) is 4.79 Å². The molecule has 0 atom stereocenters. The molecule has 7 heteroatoms. The number of thiophene rings is 1. The molecule has 0 aliphatic carbocycles. The van der Waals surface area contributed by atoms with Crippen LogP contribution in [0.15, 0.2) is 22.9 Å². The lowest BCUT2D eigenvalue weighted by atomic mass is 10.3. The summed E-state index contributed by atoms with van der Waals surface area (Å²) in [7, 11) is 0. The largest absolute Gasteiger partial charge is 0.476 e. The molecule has 5 nitrogen and oxygen atoms in total. The van der Waals surface area contributed by atoms with Crippen LogP contribution in [0.4, 0.5) is 5.13 Å². The fourth-order valence-corrected chi connectivity index (χ4v) is 2.57. The van der Waals surface area contributed by atoms with Gasteiger partial charge in [-0.05, 0) is 11.4 Å². The molecule has 2 aromatic rings. The molecule has 0 saturated carbocycles. The molecule has 2 rings (SSSR count). The smallest absolute Gasteiger partial charge is 0.355 e. The first-order valence-corrected chi connectivity index (χ1v) is 6.42. The summed E-state index contributed by atoms with van der Waals surface area (Å²) in [6.45, 7) is 0. The van der Waals surface area contributed by atoms with Gasteiger partial charge in [-0.25, -0.2) is 9.78 Å². The second-order valence-corrected chi connectivity index (χ2v) is 5.04. The van der Waals surface area contributed by atoms with Gasteiger partial charge in [-0.1, -0.05) is 6.07 Å². The van der Waals surface area contributed by atoms with Gasteiger partial charge >= 0.3 is 5.97 Å². The molecule has 2 aromatic heterocycles. The number of rotatable bonds is 4. The summed E-state index contributed by atoms with van der Waals surface area (Å²) in [6.07, 6.45) is 0.277. The summed E-state index contributed by atoms with van der Waals surface area (Å²) in [5.41, 5.74) is -0.0542. The number of amides is 1. The van der Waals surface area contributed by atoms with Crippen LogP contribution in [0.1, 0.15) is 15.4 Å². The maximum Gasteiger partial charge on any atom is 0.355 e. The number of carboxylic acids is 1. The normalized spacial score (nSPS) is 10.1. The molecular formula is C10H8N2O3S2. The maximum atomic E-state index is 11.6. The molecule has 2 heterocycles. The Morgan fingerprint density at radius 2 is 2.24 bits per heavy atom. The zero-order chi connectivity index (χ0) is 12.3. The van der Waals surface area contributed by atoms with E-state index in [1.165, 1.54) is 16.7 Å². The van der Waals surface area contributed by atoms with E-state index in [1.807, 2.05) is 17.5 Å². The number of carbonyl (C=O) groups is 2. The van der Waals surface area contributed by atoms with E-state index in [-0.39, 0.29) is 18.0 Å². The van der Waals surface area contributed by atoms with E-state index in [4.69, 9.17) is 5.11 Å². The van der Waals surface area contributed by atoms with Crippen molar-refractivity contribution in [3.05, 3.63) is 33.5 Å². The minimum Gasteiger partial charge on any atom is -0.476 e. The fourth-order valence-electron chi connectivity index (χ4n) is 1.16. The van der Waals surface area contributed by atoms with Gasteiger partial charge < -0.3 is 10.4 Å². The number of carbonyl (C=O) groups excluding carboxylic acids is 1. The second kappa shape index (κ2) is 5.07. The van der Waals surface area contributed by atoms with Crippen LogP contribution in [0.25, 0.3) is 0 Å². The van der Waals surface area contributed by atoms with Crippen molar-refractivity contribution in [2.75, 3.05) is 5.32 Å². The Hall–Kier alpha value is -1.73. The summed E-state index contributed by atoms with van der Waals surface area (Å²) in [4.78, 5) is 26.9. The van der Waals surface area contributed by atoms with Crippen molar-refractivity contribution in [2.24, 2.45) is 0 Å². The van der Waals surface area contributed by atoms with Crippen LogP contribution in [0.5, 0.6) is 0 Å². The summed E-state index contributed by atoms with van der Waals surface area (Å²) in [5, 5.41) is 14.8. The molecule has 17 heavy (non-hydrogen) atoms. The molecule has 0 saturated heterocycles. The maximum absolute atomic E-state index is 11.6. The van der Waals surface area contributed by atoms with Gasteiger partial charge in [0.15, 0.2) is 10.8 Å². The molecule has 0 unspecified atom stereocenters. The van der Waals surface area contributed by atoms with E-state index in [0.29, 0.717) is 5.13 Å². The summed E-state index contributed by atoms with van der Waals surface area (Å²) >= 11 is 2.60. The highest BCUT2D eigenvalue weighted by molar-refractivity contribution is 7.14. The van der Waals surface area contributed by atoms with E-state index in [9.17, 15) is 9.59 Å². The monoisotopic (exact) mass is 268 g/mol. The van der Waals surface area contributed by atoms with Gasteiger partial charge in [0, 0.05) is 10.3 Å². The summed E-state index contributed by atoms with van der Waals surface area (Å²) in [5.74, 6) is -1.29. The molecule has 0 fully saturated rings. The van der Waals surface area contributed by atoms with E-state index in [0.717, 1.165) is 16.2 Å². The number of anilines is 1. The van der Waals surface area contributed by atoms with Crippen LogP contribution in [0.3, 0.4) is 0 Å². The average Bonchev–Trinajstić information content (AvgIpc) is 2.88. The van der Waals surface area contributed by atoms with E-state index < -0.39 is 5.97 Å². The Kier molecular flexibility index (Phi) is 3.50. The van der Waals surface area contributed by atoms with Crippen LogP contribution in [-0.4, -0.2) is 22.0 Å². The van der Waals surface area contributed by atoms with Gasteiger partial charge in [-0.15, -0.1) is 22.7 Å². The molecule has 88 valence electrons. The molecule has 0 aliphatic rings. The summed E-state index contributed by atoms with van der Waals surface area (Å²) < 4.78 is 0. The Morgan fingerprint density at radius 3 is 2.82 bits per heavy atom. The van der Waals surface area contributed by atoms with Gasteiger partial charge in [0.2, 0.25) is 5.91 Å². The lowest BCUT2D eigenvalue weighted by Gasteiger charge is -1.98. The Bertz CT molecular complexity index is 534. The third-order valence-electron chi connectivity index (χ3n) is 1.88. The number of nitrogens with one attached hydrogen (secondary N) is 1. The SMILES string of the molecule is O=C(Cc1cccs1)Nc1nc(C(=O)O)cs1. The minimum absolute atomic E-state index is 0.0542. The topological polar surface area (TPSA) is 79.3 Å². The quantitative estimate of drug-likeness (QED) is 0.889. The lowest BCUT2D eigenvalue weighted by molar-refractivity contribution is -0.115. The van der Waals surface area contributed by atoms with Crippen molar-refractivity contribution in [3.63, 3.8) is 0 Å². The summed E-state index contributed by atoms with van der Waals surface area (Å²) in [6, 6.07) is 3.74. The molecular weight excluding hydrogens is 260 g/mol. The van der Waals surface area contributed by atoms with E-state index >= 15 is 0 Å². The highest BCUT2D eigenvalue weighted by Gasteiger charge is 2.11. The van der Waals surface area contributed by atoms with Gasteiger partial charge in [0.05, 0.1) is 6.42 Å². The Labute approximate surface area is 105 Å². The molecule has 2 N–H and O–H groups in total. The number of nitrogens with zero attached hydrogens (tertiary/aromatic N) is 1. The van der Waals surface area contributed by atoms with Crippen molar-refractivity contribution in [3.8, 4) is 0 Å². The zero-order valence-corrected chi connectivity index (χ0v) is 10.2. The molecule has 0 spiro atoms. The Morgan fingerprint density at radius 1 is 1.41 bits per heavy atom. The first kappa shape index (κ1) is 11.7. The standard InChI is InChI=1S/C10H8N2O3S2/c13-8(4-6-2-1-3-16-6)12-10-11-7(5-17-10)9(14)15/h1-3,5H,4H2,(H,14,15)(H,11,12,13). The van der Waals surface area contributed by atoms with E-state index in [2.05, 4.69) is 10.3 Å². The highest BCUT2D eigenvalue weighted by Crippen LogP contribution is 2.16. The lowest BCUT2D eigenvalue weighted by Crippen LogP contribution is -2.13. The first-order valence-electron chi connectivity index (χ1n) is 4.66. The van der Waals surface area contributed by atoms with Crippen molar-refractivity contribution < 1.29 is 14.7 Å². The molecule has 0 bridgehead atoms. The molecule has 0 aliphatic heterocycles. The third kappa shape index (κ3) is 3.11. The number of hydrogen-bond donors (Lipinski definition) is 2. The second-order valence-electron chi connectivity index (χ2n) is 3.15. The van der Waals surface area contributed by atoms with Crippen LogP contribution < -0.4 is 5.32 Å². The predicted octanol–water partition coefficient (Wildman–Crippen LogP) is 2.08. The third-order valence-corrected chi connectivity index (χ3v) is 3.52. The number of aromatic carboxylic acids is 1. The van der Waals surface area contributed by atoms with Gasteiger partial charge in [0.1, 0.15) is 0 Å². The van der Waals surface area contributed by atoms with Gasteiger partial charge in [0.25, 0.3) is 0 Å². The van der Waals surface area contributed by atoms with Gasteiger partial charge in [-0.2, -0.15) is 0 Å². The first-order chi connectivity index (χ1) is 8.15. The molecule has 0 aromatic carbocycles. The van der Waals surface area contributed by atoms with Crippen molar-refractivity contribution >= 4 is 39.7 Å². The van der Waals surface area contributed by atoms with Crippen LogP contribution in [0.2, 0.25) is 0 Å². The number of carboxylic acid groups (broad SMARTS) is 1. The van der Waals surface area contributed by atoms with Crippen LogP contribution in [0, 0.1) is 0 Å². The average molecular weight is 268 g/mol. The number of hydrogen-bond acceptors (Lipinski definition) is 5.